The number of hydrogen-bond acceptors (Lipinski definition) is 8. The van der Waals surface area contributed by atoms with Crippen LogP contribution in [0.4, 0.5) is 5.82 Å². The number of fused-ring (bicyclic) bond motifs is 1. The van der Waals surface area contributed by atoms with Crippen LogP contribution in [-0.2, 0) is 4.74 Å². The molecule has 5 N–H and O–H groups in total. The molecule has 2 saturated heterocycles. The standard InChI is InChI=1S/C18H21N5O5/c1-2-18(27)13(25)11(8-24)28-17(18)23-7-10(16(26)22-5-3-4-6-22)12-14(19)20-9-21-15(12)23/h1,7,9,11,13,17,24-25,27H,3-6,8H2,(H2,19,20,21). The fourth-order valence-corrected chi connectivity index (χ4v) is 3.89. The van der Waals surface area contributed by atoms with Gasteiger partial charge < -0.3 is 35.3 Å². The van der Waals surface area contributed by atoms with E-state index in [-0.39, 0.29) is 22.9 Å². The van der Waals surface area contributed by atoms with Crippen LogP contribution >= 0.6 is 0 Å². The first kappa shape index (κ1) is 18.6. The summed E-state index contributed by atoms with van der Waals surface area (Å²) in [5, 5.41) is 31.0. The molecule has 4 heterocycles. The number of aliphatic hydroxyl groups is 3. The maximum absolute atomic E-state index is 13.0. The number of carbonyl (C=O) groups excluding carboxylic acids is 1. The van der Waals surface area contributed by atoms with E-state index in [1.165, 1.54) is 17.1 Å². The third-order valence-electron chi connectivity index (χ3n) is 5.41. The SMILES string of the molecule is C#CC1(O)C(O)C(CO)OC1n1cc(C(=O)N2CCCC2)c2c(N)ncnc21. The van der Waals surface area contributed by atoms with E-state index in [2.05, 4.69) is 15.9 Å². The van der Waals surface area contributed by atoms with E-state index in [1.54, 1.807) is 4.90 Å². The highest BCUT2D eigenvalue weighted by molar-refractivity contribution is 6.09. The molecule has 148 valence electrons. The van der Waals surface area contributed by atoms with E-state index in [0.29, 0.717) is 18.5 Å². The Balaban J connectivity index is 1.88. The van der Waals surface area contributed by atoms with Crippen LogP contribution in [0.1, 0.15) is 29.4 Å². The van der Waals surface area contributed by atoms with Gasteiger partial charge in [0.1, 0.15) is 30.0 Å². The number of terminal acetylenes is 1. The Hall–Kier alpha value is -2.71. The fraction of sp³-hybridized carbons (Fsp3) is 0.500. The van der Waals surface area contributed by atoms with Gasteiger partial charge in [0.2, 0.25) is 0 Å². The number of rotatable bonds is 3. The lowest BCUT2D eigenvalue weighted by Gasteiger charge is -2.26. The molecular formula is C18H21N5O5. The number of nitrogens with two attached hydrogens (primary N) is 1. The zero-order chi connectivity index (χ0) is 20.1. The Bertz CT molecular complexity index is 963. The molecule has 4 rings (SSSR count). The average molecular weight is 387 g/mol. The second-order valence-corrected chi connectivity index (χ2v) is 7.03. The van der Waals surface area contributed by atoms with Crippen molar-refractivity contribution < 1.29 is 24.9 Å². The van der Waals surface area contributed by atoms with Crippen molar-refractivity contribution >= 4 is 22.8 Å². The van der Waals surface area contributed by atoms with E-state index in [4.69, 9.17) is 16.9 Å². The van der Waals surface area contributed by atoms with E-state index in [1.807, 2.05) is 0 Å². The van der Waals surface area contributed by atoms with Gasteiger partial charge in [0.25, 0.3) is 5.91 Å². The lowest BCUT2D eigenvalue weighted by Crippen LogP contribution is -2.45. The number of ether oxygens (including phenoxy) is 1. The lowest BCUT2D eigenvalue weighted by atomic mass is 9.95. The monoisotopic (exact) mass is 387 g/mol. The van der Waals surface area contributed by atoms with Crippen molar-refractivity contribution in [3.05, 3.63) is 18.1 Å². The highest BCUT2D eigenvalue weighted by Gasteiger charge is 2.56. The second-order valence-electron chi connectivity index (χ2n) is 7.03. The van der Waals surface area contributed by atoms with Crippen LogP contribution in [0.25, 0.3) is 11.0 Å². The zero-order valence-electron chi connectivity index (χ0n) is 15.0. The molecule has 0 spiro atoms. The molecule has 2 aliphatic heterocycles. The summed E-state index contributed by atoms with van der Waals surface area (Å²) in [6.45, 7) is 0.731. The number of carbonyl (C=O) groups is 1. The molecule has 0 radical (unpaired) electrons. The first-order valence-corrected chi connectivity index (χ1v) is 8.97. The van der Waals surface area contributed by atoms with Crippen LogP contribution in [-0.4, -0.2) is 78.2 Å². The van der Waals surface area contributed by atoms with Gasteiger partial charge in [-0.2, -0.15) is 0 Å². The minimum Gasteiger partial charge on any atom is -0.394 e. The maximum Gasteiger partial charge on any atom is 0.256 e. The van der Waals surface area contributed by atoms with Crippen molar-refractivity contribution in [3.8, 4) is 12.3 Å². The van der Waals surface area contributed by atoms with Crippen molar-refractivity contribution in [1.29, 1.82) is 0 Å². The van der Waals surface area contributed by atoms with Crippen LogP contribution in [0.3, 0.4) is 0 Å². The van der Waals surface area contributed by atoms with E-state index >= 15 is 0 Å². The van der Waals surface area contributed by atoms with Crippen molar-refractivity contribution in [1.82, 2.24) is 19.4 Å². The van der Waals surface area contributed by atoms with Crippen molar-refractivity contribution in [3.63, 3.8) is 0 Å². The van der Waals surface area contributed by atoms with Gasteiger partial charge in [-0.1, -0.05) is 5.92 Å². The van der Waals surface area contributed by atoms with Gasteiger partial charge in [0.15, 0.2) is 11.8 Å². The number of nitrogen functional groups attached to an aromatic ring is 1. The van der Waals surface area contributed by atoms with Crippen molar-refractivity contribution in [2.24, 2.45) is 0 Å². The molecule has 10 heteroatoms. The van der Waals surface area contributed by atoms with Crippen LogP contribution in [0.15, 0.2) is 12.5 Å². The van der Waals surface area contributed by atoms with Gasteiger partial charge in [-0.25, -0.2) is 9.97 Å². The van der Waals surface area contributed by atoms with Gasteiger partial charge in [0, 0.05) is 19.3 Å². The van der Waals surface area contributed by atoms with Crippen LogP contribution in [0, 0.1) is 12.3 Å². The quantitative estimate of drug-likeness (QED) is 0.484. The molecule has 1 amide bonds. The van der Waals surface area contributed by atoms with E-state index in [9.17, 15) is 20.1 Å². The molecule has 0 saturated carbocycles. The molecule has 0 bridgehead atoms. The Morgan fingerprint density at radius 2 is 2.14 bits per heavy atom. The number of aliphatic hydroxyl groups excluding tert-OH is 2. The number of hydrogen-bond donors (Lipinski definition) is 4. The minimum atomic E-state index is -2.13. The largest absolute Gasteiger partial charge is 0.394 e. The summed E-state index contributed by atoms with van der Waals surface area (Å²) in [6, 6.07) is 0. The number of likely N-dealkylation sites (tertiary alicyclic amines) is 1. The summed E-state index contributed by atoms with van der Waals surface area (Å²) in [5.41, 5.74) is 4.39. The molecule has 0 aromatic carbocycles. The molecule has 4 atom stereocenters. The fourth-order valence-electron chi connectivity index (χ4n) is 3.89. The maximum atomic E-state index is 13.0. The Kier molecular flexibility index (Phi) is 4.47. The number of anilines is 1. The molecule has 0 aliphatic carbocycles. The summed E-state index contributed by atoms with van der Waals surface area (Å²) in [6.07, 6.45) is 6.09. The third kappa shape index (κ3) is 2.56. The molecule has 2 aromatic heterocycles. The average Bonchev–Trinajstić information content (AvgIpc) is 3.41. The van der Waals surface area contributed by atoms with Gasteiger partial charge in [-0.05, 0) is 12.8 Å². The molecule has 4 unspecified atom stereocenters. The predicted molar refractivity (Wildman–Crippen MR) is 97.9 cm³/mol. The van der Waals surface area contributed by atoms with Crippen LogP contribution in [0.5, 0.6) is 0 Å². The number of nitrogens with zero attached hydrogens (tertiary/aromatic N) is 4. The van der Waals surface area contributed by atoms with Gasteiger partial charge in [-0.15, -0.1) is 6.42 Å². The van der Waals surface area contributed by atoms with Gasteiger partial charge in [-0.3, -0.25) is 4.79 Å². The second kappa shape index (κ2) is 6.72. The molecule has 2 fully saturated rings. The summed E-state index contributed by atoms with van der Waals surface area (Å²) in [7, 11) is 0. The summed E-state index contributed by atoms with van der Waals surface area (Å²) in [5.74, 6) is 2.03. The number of aromatic nitrogens is 3. The first-order chi connectivity index (χ1) is 13.4. The predicted octanol–water partition coefficient (Wildman–Crippen LogP) is -1.14. The van der Waals surface area contributed by atoms with Crippen molar-refractivity contribution in [2.45, 2.75) is 36.9 Å². The van der Waals surface area contributed by atoms with E-state index in [0.717, 1.165) is 12.8 Å². The topological polar surface area (TPSA) is 147 Å². The molecule has 10 nitrogen and oxygen atoms in total. The highest BCUT2D eigenvalue weighted by atomic mass is 16.6. The third-order valence-corrected chi connectivity index (χ3v) is 5.41. The van der Waals surface area contributed by atoms with E-state index < -0.39 is 30.6 Å². The summed E-state index contributed by atoms with van der Waals surface area (Å²) < 4.78 is 7.00. The van der Waals surface area contributed by atoms with Gasteiger partial charge >= 0.3 is 0 Å². The molecule has 2 aromatic rings. The Morgan fingerprint density at radius 3 is 2.79 bits per heavy atom. The first-order valence-electron chi connectivity index (χ1n) is 8.97. The number of amides is 1. The summed E-state index contributed by atoms with van der Waals surface area (Å²) >= 11 is 0. The van der Waals surface area contributed by atoms with Crippen molar-refractivity contribution in [2.75, 3.05) is 25.4 Å². The molecular weight excluding hydrogens is 366 g/mol. The van der Waals surface area contributed by atoms with Crippen LogP contribution in [0.2, 0.25) is 0 Å². The minimum absolute atomic E-state index is 0.104. The smallest absolute Gasteiger partial charge is 0.256 e. The normalized spacial score (nSPS) is 30.1. The Labute approximate surface area is 160 Å². The van der Waals surface area contributed by atoms with Gasteiger partial charge in [0.05, 0.1) is 17.6 Å². The molecule has 2 aliphatic rings. The summed E-state index contributed by atoms with van der Waals surface area (Å²) in [4.78, 5) is 22.9. The zero-order valence-corrected chi connectivity index (χ0v) is 15.0. The lowest BCUT2D eigenvalue weighted by molar-refractivity contribution is -0.0718. The Morgan fingerprint density at radius 1 is 1.43 bits per heavy atom. The molecule has 28 heavy (non-hydrogen) atoms. The van der Waals surface area contributed by atoms with Crippen LogP contribution < -0.4 is 5.73 Å². The highest BCUT2D eigenvalue weighted by Crippen LogP contribution is 2.41.